The number of hydrogen-bond donors (Lipinski definition) is 4. The highest BCUT2D eigenvalue weighted by Gasteiger charge is 2.34. The third-order valence-electron chi connectivity index (χ3n) is 3.62. The summed E-state index contributed by atoms with van der Waals surface area (Å²) >= 11 is 0. The van der Waals surface area contributed by atoms with E-state index in [4.69, 9.17) is 15.2 Å². The smallest absolute Gasteiger partial charge is 0.407 e. The van der Waals surface area contributed by atoms with Crippen LogP contribution in [0.5, 0.6) is 0 Å². The predicted octanol–water partition coefficient (Wildman–Crippen LogP) is -0.0565. The summed E-state index contributed by atoms with van der Waals surface area (Å²) in [6.45, 7) is 10.7. The number of nitrogens with two attached hydrogens (primary N) is 1. The molecule has 0 aromatic heterocycles. The Morgan fingerprint density at radius 3 is 2.14 bits per heavy atom. The summed E-state index contributed by atoms with van der Waals surface area (Å²) in [6, 6.07) is -2.12. The molecule has 10 heteroatoms. The van der Waals surface area contributed by atoms with Gasteiger partial charge in [0.05, 0.1) is 12.5 Å². The van der Waals surface area contributed by atoms with E-state index >= 15 is 0 Å². The van der Waals surface area contributed by atoms with Crippen molar-refractivity contribution in [3.63, 3.8) is 0 Å². The Kier molecular flexibility index (Phi) is 7.80. The van der Waals surface area contributed by atoms with E-state index in [1.165, 1.54) is 0 Å². The maximum absolute atomic E-state index is 12.4. The van der Waals surface area contributed by atoms with Gasteiger partial charge in [0.2, 0.25) is 11.8 Å². The summed E-state index contributed by atoms with van der Waals surface area (Å²) in [7, 11) is 0. The number of hydrogen-bond acceptors (Lipinski definition) is 7. The number of rotatable bonds is 6. The molecule has 1 heterocycles. The summed E-state index contributed by atoms with van der Waals surface area (Å²) < 4.78 is 10.3. The molecule has 0 spiro atoms. The van der Waals surface area contributed by atoms with E-state index in [0.29, 0.717) is 13.0 Å². The number of amides is 3. The highest BCUT2D eigenvalue weighted by atomic mass is 16.6. The van der Waals surface area contributed by atoms with Gasteiger partial charge in [-0.05, 0) is 48.0 Å². The molecule has 0 unspecified atom stereocenters. The third-order valence-corrected chi connectivity index (χ3v) is 3.62. The van der Waals surface area contributed by atoms with E-state index in [2.05, 4.69) is 16.0 Å². The number of ether oxygens (including phenoxy) is 2. The fraction of sp³-hybridized carbons (Fsp3) is 0.778. The Hall–Kier alpha value is -2.36. The van der Waals surface area contributed by atoms with Crippen LogP contribution < -0.4 is 21.7 Å². The summed E-state index contributed by atoms with van der Waals surface area (Å²) in [5.41, 5.74) is 3.96. The van der Waals surface area contributed by atoms with Gasteiger partial charge in [-0.25, -0.2) is 4.79 Å². The van der Waals surface area contributed by atoms with E-state index in [9.17, 15) is 19.2 Å². The number of esters is 1. The normalized spacial score (nSPS) is 20.8. The molecule has 3 atom stereocenters. The largest absolute Gasteiger partial charge is 0.460 e. The summed E-state index contributed by atoms with van der Waals surface area (Å²) in [5, 5.41) is 8.11. The summed E-state index contributed by atoms with van der Waals surface area (Å²) in [5.74, 6) is -1.96. The molecule has 5 N–H and O–H groups in total. The molecule has 0 aromatic rings. The minimum absolute atomic E-state index is 0.302. The van der Waals surface area contributed by atoms with E-state index in [1.807, 2.05) is 0 Å². The average Bonchev–Trinajstić information content (AvgIpc) is 2.90. The molecule has 1 saturated heterocycles. The van der Waals surface area contributed by atoms with Gasteiger partial charge in [-0.1, -0.05) is 0 Å². The van der Waals surface area contributed by atoms with E-state index in [-0.39, 0.29) is 12.5 Å². The Labute approximate surface area is 165 Å². The first-order chi connectivity index (χ1) is 12.7. The van der Waals surface area contributed by atoms with Crippen LogP contribution in [0.3, 0.4) is 0 Å². The van der Waals surface area contributed by atoms with Crippen molar-refractivity contribution >= 4 is 23.9 Å². The van der Waals surface area contributed by atoms with Gasteiger partial charge in [0.1, 0.15) is 17.2 Å². The lowest BCUT2D eigenvalue weighted by Gasteiger charge is -2.22. The van der Waals surface area contributed by atoms with Crippen LogP contribution in [0.25, 0.3) is 0 Å². The van der Waals surface area contributed by atoms with Gasteiger partial charge in [0.25, 0.3) is 0 Å². The predicted molar refractivity (Wildman–Crippen MR) is 101 cm³/mol. The third kappa shape index (κ3) is 9.03. The van der Waals surface area contributed by atoms with Crippen LogP contribution in [0.4, 0.5) is 4.79 Å². The molecule has 0 aromatic carbocycles. The first-order valence-corrected chi connectivity index (χ1v) is 9.21. The van der Waals surface area contributed by atoms with Crippen LogP contribution in [0.1, 0.15) is 54.4 Å². The average molecular weight is 400 g/mol. The number of primary amides is 1. The summed E-state index contributed by atoms with van der Waals surface area (Å²) in [6.07, 6.45) is -0.617. The van der Waals surface area contributed by atoms with Gasteiger partial charge in [-0.15, -0.1) is 0 Å². The van der Waals surface area contributed by atoms with Crippen LogP contribution in [-0.4, -0.2) is 59.7 Å². The van der Waals surface area contributed by atoms with Crippen molar-refractivity contribution < 1.29 is 28.7 Å². The topological polar surface area (TPSA) is 149 Å². The maximum atomic E-state index is 12.4. The lowest BCUT2D eigenvalue weighted by atomic mass is 10.1. The molecule has 1 aliphatic rings. The van der Waals surface area contributed by atoms with Crippen molar-refractivity contribution in [2.45, 2.75) is 83.7 Å². The van der Waals surface area contributed by atoms with Gasteiger partial charge in [0, 0.05) is 12.6 Å². The van der Waals surface area contributed by atoms with Gasteiger partial charge in [-0.3, -0.25) is 14.4 Å². The van der Waals surface area contributed by atoms with Crippen molar-refractivity contribution in [3.05, 3.63) is 0 Å². The Balaban J connectivity index is 2.55. The maximum Gasteiger partial charge on any atom is 0.407 e. The number of nitrogens with one attached hydrogen (secondary N) is 3. The van der Waals surface area contributed by atoms with Crippen LogP contribution in [0.2, 0.25) is 0 Å². The fourth-order valence-corrected chi connectivity index (χ4v) is 2.56. The molecular weight excluding hydrogens is 368 g/mol. The van der Waals surface area contributed by atoms with Crippen molar-refractivity contribution in [1.29, 1.82) is 0 Å². The minimum Gasteiger partial charge on any atom is -0.460 e. The van der Waals surface area contributed by atoms with Crippen molar-refractivity contribution in [3.8, 4) is 0 Å². The molecule has 0 radical (unpaired) electrons. The summed E-state index contributed by atoms with van der Waals surface area (Å²) in [4.78, 5) is 47.7. The zero-order valence-electron chi connectivity index (χ0n) is 17.4. The van der Waals surface area contributed by atoms with Crippen LogP contribution in [0, 0.1) is 0 Å². The van der Waals surface area contributed by atoms with Gasteiger partial charge in [-0.2, -0.15) is 0 Å². The molecule has 1 fully saturated rings. The second-order valence-electron chi connectivity index (χ2n) is 8.79. The molecule has 0 bridgehead atoms. The van der Waals surface area contributed by atoms with Gasteiger partial charge >= 0.3 is 12.1 Å². The van der Waals surface area contributed by atoms with Crippen molar-refractivity contribution in [2.24, 2.45) is 5.73 Å². The van der Waals surface area contributed by atoms with Crippen LogP contribution in [0.15, 0.2) is 0 Å². The van der Waals surface area contributed by atoms with E-state index in [1.54, 1.807) is 41.5 Å². The monoisotopic (exact) mass is 400 g/mol. The molecule has 0 saturated carbocycles. The molecule has 0 aliphatic carbocycles. The lowest BCUT2D eigenvalue weighted by molar-refractivity contribution is -0.156. The van der Waals surface area contributed by atoms with E-state index in [0.717, 1.165) is 0 Å². The molecule has 1 rings (SSSR count). The molecule has 160 valence electrons. The lowest BCUT2D eigenvalue weighted by Crippen LogP contribution is -2.51. The Morgan fingerprint density at radius 1 is 1.07 bits per heavy atom. The number of carbonyl (C=O) groups excluding carboxylic acids is 4. The SMILES string of the molecule is CC(C)(C)OC(=O)C[C@H](NC(=O)[C@@H]1C[C@H](NC(=O)OC(C)(C)C)CN1)C(N)=O. The van der Waals surface area contributed by atoms with Crippen LogP contribution in [-0.2, 0) is 23.9 Å². The molecule has 10 nitrogen and oxygen atoms in total. The standard InChI is InChI=1S/C18H32N4O6/c1-17(2,3)27-13(23)8-11(14(19)24)22-15(25)12-7-10(9-20-12)21-16(26)28-18(4,5)6/h10-12,20H,7-9H2,1-6H3,(H2,19,24)(H,21,26)(H,22,25)/t10-,11-,12-/m0/s1. The van der Waals surface area contributed by atoms with Gasteiger partial charge < -0.3 is 31.2 Å². The van der Waals surface area contributed by atoms with E-state index < -0.39 is 47.2 Å². The zero-order valence-corrected chi connectivity index (χ0v) is 17.4. The highest BCUT2D eigenvalue weighted by Crippen LogP contribution is 2.12. The highest BCUT2D eigenvalue weighted by molar-refractivity contribution is 5.91. The molecule has 28 heavy (non-hydrogen) atoms. The second-order valence-corrected chi connectivity index (χ2v) is 8.79. The quantitative estimate of drug-likeness (QED) is 0.456. The van der Waals surface area contributed by atoms with Gasteiger partial charge in [0.15, 0.2) is 0 Å². The molecule has 1 aliphatic heterocycles. The Bertz CT molecular complexity index is 608. The van der Waals surface area contributed by atoms with Crippen molar-refractivity contribution in [2.75, 3.05) is 6.54 Å². The Morgan fingerprint density at radius 2 is 1.64 bits per heavy atom. The minimum atomic E-state index is -1.18. The van der Waals surface area contributed by atoms with Crippen LogP contribution >= 0.6 is 0 Å². The molecule has 3 amide bonds. The fourth-order valence-electron chi connectivity index (χ4n) is 2.56. The first-order valence-electron chi connectivity index (χ1n) is 9.21. The first kappa shape index (κ1) is 23.7. The number of carbonyl (C=O) groups is 4. The number of alkyl carbamates (subject to hydrolysis) is 1. The second kappa shape index (κ2) is 9.22. The zero-order chi connectivity index (χ0) is 21.7. The van der Waals surface area contributed by atoms with Crippen molar-refractivity contribution in [1.82, 2.24) is 16.0 Å². The molecular formula is C18H32N4O6.